The number of ether oxygens (including phenoxy) is 1. The molecule has 4 heterocycles. The molecule has 3 N–H and O–H groups in total. The lowest BCUT2D eigenvalue weighted by atomic mass is 10.0. The summed E-state index contributed by atoms with van der Waals surface area (Å²) in [4.78, 5) is 92.2. The predicted molar refractivity (Wildman–Crippen MR) is 168 cm³/mol. The van der Waals surface area contributed by atoms with E-state index in [9.17, 15) is 38.7 Å². The van der Waals surface area contributed by atoms with Crippen molar-refractivity contribution in [3.8, 4) is 5.75 Å². The lowest BCUT2D eigenvalue weighted by molar-refractivity contribution is -0.153. The molecule has 1 aromatic carbocycles. The van der Waals surface area contributed by atoms with Crippen molar-refractivity contribution in [3.63, 3.8) is 0 Å². The molecule has 0 saturated carbocycles. The van der Waals surface area contributed by atoms with E-state index >= 15 is 0 Å². The second-order valence-electron chi connectivity index (χ2n) is 10.2. The number of imide groups is 1. The normalized spacial score (nSPS) is 20.0. The van der Waals surface area contributed by atoms with Crippen LogP contribution in [0.4, 0.5) is 4.79 Å². The lowest BCUT2D eigenvalue weighted by Crippen LogP contribution is -2.71. The number of nitrogens with zero attached hydrogens (tertiary/aromatic N) is 5. The van der Waals surface area contributed by atoms with Gasteiger partial charge in [-0.15, -0.1) is 22.0 Å². The Morgan fingerprint density at radius 2 is 1.96 bits per heavy atom. The number of fused-ring (bicyclic) bond motifs is 1. The molecule has 0 spiro atoms. The fourth-order valence-corrected chi connectivity index (χ4v) is 8.21. The molecule has 47 heavy (non-hydrogen) atoms. The zero-order valence-corrected chi connectivity index (χ0v) is 27.8. The summed E-state index contributed by atoms with van der Waals surface area (Å²) < 4.78 is 5.68. The van der Waals surface area contributed by atoms with Gasteiger partial charge in [-0.25, -0.2) is 9.59 Å². The maximum Gasteiger partial charge on any atom is 0.352 e. The van der Waals surface area contributed by atoms with Crippen molar-refractivity contribution in [2.75, 3.05) is 31.1 Å². The van der Waals surface area contributed by atoms with Gasteiger partial charge in [0.2, 0.25) is 5.91 Å². The Morgan fingerprint density at radius 1 is 1.19 bits per heavy atom. The fraction of sp³-hybridized carbons (Fsp3) is 0.370. The van der Waals surface area contributed by atoms with E-state index in [1.165, 1.54) is 64.9 Å². The standard InChI is InChI=1S/C27H26ClN7O9S3/c1-3-33-6-7-34(23(40)22(33)39)26(43)31-17(13-4-5-16(15(28)8-13)44-12(2)36)20(37)30-18-21(38)35-19(25(41)42)14(9-45-24(18)35)10-46-27-32-29-11-47-27/h4-5,8,11,17-18,24H,3,6-7,9-10H2,1-2H3,(H,30,37)(H,31,43)(H,41,42)/t17-,18?,24-/m1/s1. The highest BCUT2D eigenvalue weighted by Gasteiger charge is 2.54. The minimum Gasteiger partial charge on any atom is -0.477 e. The second kappa shape index (κ2) is 14.3. The molecule has 3 aliphatic rings. The van der Waals surface area contributed by atoms with Gasteiger partial charge in [-0.1, -0.05) is 40.8 Å². The zero-order chi connectivity index (χ0) is 34.0. The number of halogens is 1. The number of likely N-dealkylation sites (N-methyl/N-ethyl adjacent to an activating group) is 1. The van der Waals surface area contributed by atoms with Gasteiger partial charge in [0, 0.05) is 38.1 Å². The lowest BCUT2D eigenvalue weighted by Gasteiger charge is -2.49. The highest BCUT2D eigenvalue weighted by Crippen LogP contribution is 2.42. The van der Waals surface area contributed by atoms with Crippen LogP contribution >= 0.6 is 46.5 Å². The summed E-state index contributed by atoms with van der Waals surface area (Å²) in [7, 11) is 0. The zero-order valence-electron chi connectivity index (χ0n) is 24.6. The van der Waals surface area contributed by atoms with Crippen molar-refractivity contribution in [1.29, 1.82) is 0 Å². The fourth-order valence-electron chi connectivity index (χ4n) is 5.01. The molecule has 2 fully saturated rings. The molecule has 248 valence electrons. The number of thioether (sulfide) groups is 2. The molecule has 16 nitrogen and oxygen atoms in total. The Balaban J connectivity index is 1.36. The number of carboxylic acid groups (broad SMARTS) is 1. The summed E-state index contributed by atoms with van der Waals surface area (Å²) in [6.07, 6.45) is 0. The average Bonchev–Trinajstić information content (AvgIpc) is 3.56. The number of aromatic nitrogens is 2. The molecular formula is C27H26ClN7O9S3. The molecule has 0 bridgehead atoms. The van der Waals surface area contributed by atoms with Gasteiger partial charge in [-0.3, -0.25) is 33.8 Å². The molecule has 0 aliphatic carbocycles. The Kier molecular flexibility index (Phi) is 10.4. The van der Waals surface area contributed by atoms with Crippen LogP contribution in [0.2, 0.25) is 5.02 Å². The maximum absolute atomic E-state index is 13.8. The van der Waals surface area contributed by atoms with Crippen molar-refractivity contribution in [3.05, 3.63) is 45.6 Å². The number of esters is 1. The summed E-state index contributed by atoms with van der Waals surface area (Å²) >= 11 is 10.1. The molecule has 20 heteroatoms. The number of carboxylic acids is 1. The van der Waals surface area contributed by atoms with Gasteiger partial charge >= 0.3 is 29.8 Å². The minimum atomic E-state index is -1.54. The molecule has 2 aromatic rings. The summed E-state index contributed by atoms with van der Waals surface area (Å²) in [5.74, 6) is -4.92. The number of carbonyl (C=O) groups excluding carboxylic acids is 6. The van der Waals surface area contributed by atoms with Crippen molar-refractivity contribution in [2.45, 2.75) is 35.6 Å². The van der Waals surface area contributed by atoms with E-state index in [1.54, 1.807) is 12.4 Å². The van der Waals surface area contributed by atoms with E-state index in [2.05, 4.69) is 20.8 Å². The molecule has 3 atom stereocenters. The van der Waals surface area contributed by atoms with Crippen LogP contribution in [0.25, 0.3) is 0 Å². The highest BCUT2D eigenvalue weighted by molar-refractivity contribution is 8.01. The first-order chi connectivity index (χ1) is 22.4. The number of piperazine rings is 1. The summed E-state index contributed by atoms with van der Waals surface area (Å²) in [6.45, 7) is 3.11. The molecule has 1 unspecified atom stereocenters. The third-order valence-electron chi connectivity index (χ3n) is 7.27. The van der Waals surface area contributed by atoms with Gasteiger partial charge in [0.25, 0.3) is 5.91 Å². The number of carbonyl (C=O) groups is 7. The van der Waals surface area contributed by atoms with E-state index in [4.69, 9.17) is 16.3 Å². The summed E-state index contributed by atoms with van der Waals surface area (Å²) in [5, 5.41) is 21.9. The Morgan fingerprint density at radius 3 is 2.60 bits per heavy atom. The summed E-state index contributed by atoms with van der Waals surface area (Å²) in [5.41, 5.74) is 1.99. The van der Waals surface area contributed by atoms with Crippen LogP contribution in [0, 0.1) is 0 Å². The third kappa shape index (κ3) is 7.07. The Bertz CT molecular complexity index is 1690. The van der Waals surface area contributed by atoms with Gasteiger partial charge in [0.15, 0.2) is 4.34 Å². The third-order valence-corrected chi connectivity index (χ3v) is 10.8. The van der Waals surface area contributed by atoms with Gasteiger partial charge < -0.3 is 25.4 Å². The topological polar surface area (TPSA) is 209 Å². The highest BCUT2D eigenvalue weighted by atomic mass is 35.5. The number of amides is 6. The van der Waals surface area contributed by atoms with Gasteiger partial charge in [0.05, 0.1) is 5.02 Å². The number of rotatable bonds is 10. The van der Waals surface area contributed by atoms with Gasteiger partial charge in [-0.05, 0) is 30.2 Å². The number of nitrogens with one attached hydrogen (secondary N) is 2. The van der Waals surface area contributed by atoms with Crippen LogP contribution in [-0.2, 0) is 28.8 Å². The number of hydrogen-bond acceptors (Lipinski definition) is 13. The Labute approximate surface area is 284 Å². The van der Waals surface area contributed by atoms with E-state index in [-0.39, 0.29) is 53.2 Å². The minimum absolute atomic E-state index is 0.0126. The molecule has 3 aliphatic heterocycles. The number of aliphatic carboxylic acids is 1. The van der Waals surface area contributed by atoms with Crippen LogP contribution in [-0.4, -0.2) is 114 Å². The van der Waals surface area contributed by atoms with E-state index in [0.717, 1.165) is 4.90 Å². The predicted octanol–water partition coefficient (Wildman–Crippen LogP) is 1.09. The number of hydrogen-bond donors (Lipinski definition) is 3. The van der Waals surface area contributed by atoms with Crippen molar-refractivity contribution < 1.29 is 43.4 Å². The first-order valence-corrected chi connectivity index (χ1v) is 17.2. The molecule has 0 radical (unpaired) electrons. The monoisotopic (exact) mass is 723 g/mol. The number of β-lactam (4-membered cyclic amide) rings is 1. The van der Waals surface area contributed by atoms with Gasteiger partial charge in [-0.2, -0.15) is 0 Å². The quantitative estimate of drug-likeness (QED) is 0.103. The number of urea groups is 1. The summed E-state index contributed by atoms with van der Waals surface area (Å²) in [6, 6.07) is 0.200. The van der Waals surface area contributed by atoms with Crippen LogP contribution in [0.3, 0.4) is 0 Å². The smallest absolute Gasteiger partial charge is 0.352 e. The largest absolute Gasteiger partial charge is 0.477 e. The van der Waals surface area contributed by atoms with E-state index < -0.39 is 59.1 Å². The van der Waals surface area contributed by atoms with Crippen LogP contribution < -0.4 is 15.4 Å². The maximum atomic E-state index is 13.8. The van der Waals surface area contributed by atoms with Crippen molar-refractivity contribution in [1.82, 2.24) is 35.5 Å². The van der Waals surface area contributed by atoms with Crippen LogP contribution in [0.5, 0.6) is 5.75 Å². The first kappa shape index (κ1) is 34.1. The van der Waals surface area contributed by atoms with Crippen LogP contribution in [0.1, 0.15) is 25.5 Å². The molecule has 1 aromatic heterocycles. The number of benzene rings is 1. The molecule has 6 amide bonds. The van der Waals surface area contributed by atoms with Crippen molar-refractivity contribution in [2.24, 2.45) is 0 Å². The van der Waals surface area contributed by atoms with E-state index in [0.29, 0.717) is 14.8 Å². The molecule has 2 saturated heterocycles. The van der Waals surface area contributed by atoms with Crippen molar-refractivity contribution >= 4 is 88.1 Å². The van der Waals surface area contributed by atoms with E-state index in [1.807, 2.05) is 0 Å². The SMILES string of the molecule is CCN1CCN(C(=O)N[C@@H](C(=O)NC2C(=O)N3C(C(=O)O)=C(CSc4nncs4)CS[C@H]23)c2ccc(OC(C)=O)c(Cl)c2)C(=O)C1=O. The second-order valence-corrected chi connectivity index (χ2v) is 13.7. The van der Waals surface area contributed by atoms with Gasteiger partial charge in [0.1, 0.15) is 34.4 Å². The molecule has 5 rings (SSSR count). The average molecular weight is 724 g/mol. The first-order valence-electron chi connectivity index (χ1n) is 13.9. The van der Waals surface area contributed by atoms with Crippen LogP contribution in [0.15, 0.2) is 39.3 Å². The Hall–Kier alpha value is -4.20. The molecular weight excluding hydrogens is 698 g/mol.